The maximum absolute atomic E-state index is 5.35. The van der Waals surface area contributed by atoms with E-state index >= 15 is 0 Å². The third kappa shape index (κ3) is 3.56. The van der Waals surface area contributed by atoms with Crippen LogP contribution in [-0.2, 0) is 6.42 Å². The Morgan fingerprint density at radius 3 is 2.65 bits per heavy atom. The molecule has 0 bridgehead atoms. The topological polar surface area (TPSA) is 49.3 Å². The Morgan fingerprint density at radius 2 is 1.83 bits per heavy atom. The Kier molecular flexibility index (Phi) is 4.66. The van der Waals surface area contributed by atoms with Crippen LogP contribution in [0.5, 0.6) is 23.0 Å². The fraction of sp³-hybridized carbons (Fsp3) is 0.278. The van der Waals surface area contributed by atoms with Crippen molar-refractivity contribution in [2.75, 3.05) is 27.6 Å². The SMILES string of the molecule is COc1ccc(CCN=Cc2ccc3c(c2)OCO3)cc1OC. The number of nitrogens with zero attached hydrogens (tertiary/aromatic N) is 1. The van der Waals surface area contributed by atoms with Crippen LogP contribution in [0.1, 0.15) is 11.1 Å². The first-order chi connectivity index (χ1) is 11.3. The molecule has 2 aromatic rings. The van der Waals surface area contributed by atoms with E-state index in [1.807, 2.05) is 42.6 Å². The number of methoxy groups -OCH3 is 2. The number of hydrogen-bond donors (Lipinski definition) is 0. The Labute approximate surface area is 135 Å². The minimum absolute atomic E-state index is 0.287. The van der Waals surface area contributed by atoms with Crippen LogP contribution in [0.15, 0.2) is 41.4 Å². The maximum atomic E-state index is 5.35. The average molecular weight is 313 g/mol. The number of hydrogen-bond acceptors (Lipinski definition) is 5. The quantitative estimate of drug-likeness (QED) is 0.769. The summed E-state index contributed by atoms with van der Waals surface area (Å²) in [6.45, 7) is 0.985. The molecule has 0 fully saturated rings. The van der Waals surface area contributed by atoms with Crippen LogP contribution >= 0.6 is 0 Å². The lowest BCUT2D eigenvalue weighted by atomic mass is 10.1. The summed E-state index contributed by atoms with van der Waals surface area (Å²) in [5, 5.41) is 0. The van der Waals surface area contributed by atoms with Gasteiger partial charge in [-0.15, -0.1) is 0 Å². The van der Waals surface area contributed by atoms with E-state index in [4.69, 9.17) is 18.9 Å². The molecule has 0 spiro atoms. The van der Waals surface area contributed by atoms with Gasteiger partial charge in [-0.25, -0.2) is 0 Å². The summed E-state index contributed by atoms with van der Waals surface area (Å²) < 4.78 is 21.2. The van der Waals surface area contributed by atoms with Crippen molar-refractivity contribution < 1.29 is 18.9 Å². The largest absolute Gasteiger partial charge is 0.493 e. The van der Waals surface area contributed by atoms with E-state index < -0.39 is 0 Å². The molecule has 120 valence electrons. The minimum Gasteiger partial charge on any atom is -0.493 e. The number of benzene rings is 2. The number of rotatable bonds is 6. The van der Waals surface area contributed by atoms with E-state index in [-0.39, 0.29) is 6.79 Å². The first kappa shape index (κ1) is 15.2. The summed E-state index contributed by atoms with van der Waals surface area (Å²) >= 11 is 0. The summed E-state index contributed by atoms with van der Waals surface area (Å²) in [6, 6.07) is 11.7. The minimum atomic E-state index is 0.287. The zero-order valence-electron chi connectivity index (χ0n) is 13.2. The lowest BCUT2D eigenvalue weighted by Gasteiger charge is -2.08. The van der Waals surface area contributed by atoms with Gasteiger partial charge in [-0.3, -0.25) is 4.99 Å². The van der Waals surface area contributed by atoms with E-state index in [0.717, 1.165) is 40.5 Å². The predicted octanol–water partition coefficient (Wildman–Crippen LogP) is 3.09. The van der Waals surface area contributed by atoms with Crippen molar-refractivity contribution >= 4 is 6.21 Å². The highest BCUT2D eigenvalue weighted by Crippen LogP contribution is 2.32. The fourth-order valence-electron chi connectivity index (χ4n) is 2.39. The van der Waals surface area contributed by atoms with E-state index in [1.54, 1.807) is 14.2 Å². The maximum Gasteiger partial charge on any atom is 0.231 e. The molecule has 0 radical (unpaired) electrons. The van der Waals surface area contributed by atoms with Crippen molar-refractivity contribution in [3.05, 3.63) is 47.5 Å². The van der Waals surface area contributed by atoms with E-state index in [9.17, 15) is 0 Å². The van der Waals surface area contributed by atoms with Crippen molar-refractivity contribution in [2.24, 2.45) is 4.99 Å². The molecule has 1 aliphatic heterocycles. The highest BCUT2D eigenvalue weighted by atomic mass is 16.7. The van der Waals surface area contributed by atoms with Gasteiger partial charge in [0.1, 0.15) is 0 Å². The second kappa shape index (κ2) is 7.05. The van der Waals surface area contributed by atoms with Crippen LogP contribution < -0.4 is 18.9 Å². The fourth-order valence-corrected chi connectivity index (χ4v) is 2.39. The van der Waals surface area contributed by atoms with Gasteiger partial charge in [-0.1, -0.05) is 6.07 Å². The van der Waals surface area contributed by atoms with Gasteiger partial charge in [-0.05, 0) is 47.9 Å². The molecule has 1 heterocycles. The Balaban J connectivity index is 1.58. The van der Waals surface area contributed by atoms with Gasteiger partial charge in [0.2, 0.25) is 6.79 Å². The highest BCUT2D eigenvalue weighted by molar-refractivity contribution is 5.81. The van der Waals surface area contributed by atoms with Gasteiger partial charge in [0.15, 0.2) is 23.0 Å². The smallest absolute Gasteiger partial charge is 0.231 e. The monoisotopic (exact) mass is 313 g/mol. The lowest BCUT2D eigenvalue weighted by Crippen LogP contribution is -1.95. The number of fused-ring (bicyclic) bond motifs is 1. The zero-order valence-corrected chi connectivity index (χ0v) is 13.2. The molecule has 1 aliphatic rings. The summed E-state index contributed by atoms with van der Waals surface area (Å²) in [5.41, 5.74) is 2.16. The molecule has 0 atom stereocenters. The van der Waals surface area contributed by atoms with Gasteiger partial charge in [0.05, 0.1) is 14.2 Å². The van der Waals surface area contributed by atoms with Crippen LogP contribution in [0.2, 0.25) is 0 Å². The molecule has 0 amide bonds. The Hall–Kier alpha value is -2.69. The van der Waals surface area contributed by atoms with Crippen LogP contribution in [0.3, 0.4) is 0 Å². The van der Waals surface area contributed by atoms with Gasteiger partial charge >= 0.3 is 0 Å². The van der Waals surface area contributed by atoms with Gasteiger partial charge in [0.25, 0.3) is 0 Å². The van der Waals surface area contributed by atoms with Crippen LogP contribution in [0, 0.1) is 0 Å². The number of aliphatic imine (C=N–C) groups is 1. The molecule has 0 saturated carbocycles. The molecule has 0 aliphatic carbocycles. The van der Waals surface area contributed by atoms with Crippen molar-refractivity contribution in [2.45, 2.75) is 6.42 Å². The second-order valence-electron chi connectivity index (χ2n) is 5.09. The van der Waals surface area contributed by atoms with E-state index in [2.05, 4.69) is 4.99 Å². The molecule has 3 rings (SSSR count). The lowest BCUT2D eigenvalue weighted by molar-refractivity contribution is 0.174. The standard InChI is InChI=1S/C18H19NO4/c1-20-15-5-3-13(9-17(15)21-2)7-8-19-11-14-4-6-16-18(10-14)23-12-22-16/h3-6,9-11H,7-8,12H2,1-2H3. The third-order valence-electron chi connectivity index (χ3n) is 3.61. The van der Waals surface area contributed by atoms with Gasteiger partial charge in [-0.2, -0.15) is 0 Å². The van der Waals surface area contributed by atoms with Gasteiger partial charge < -0.3 is 18.9 Å². The van der Waals surface area contributed by atoms with Crippen LogP contribution in [-0.4, -0.2) is 33.8 Å². The molecule has 0 saturated heterocycles. The summed E-state index contributed by atoms with van der Waals surface area (Å²) in [6.07, 6.45) is 2.68. The van der Waals surface area contributed by atoms with E-state index in [1.165, 1.54) is 0 Å². The molecule has 0 unspecified atom stereocenters. The van der Waals surface area contributed by atoms with Crippen LogP contribution in [0.4, 0.5) is 0 Å². The van der Waals surface area contributed by atoms with E-state index in [0.29, 0.717) is 6.54 Å². The highest BCUT2D eigenvalue weighted by Gasteiger charge is 2.12. The molecule has 5 nitrogen and oxygen atoms in total. The first-order valence-corrected chi connectivity index (χ1v) is 7.40. The number of ether oxygens (including phenoxy) is 4. The summed E-state index contributed by atoms with van der Waals surface area (Å²) in [5.74, 6) is 3.03. The first-order valence-electron chi connectivity index (χ1n) is 7.40. The third-order valence-corrected chi connectivity index (χ3v) is 3.61. The Bertz CT molecular complexity index is 712. The molecule has 23 heavy (non-hydrogen) atoms. The zero-order chi connectivity index (χ0) is 16.1. The van der Waals surface area contributed by atoms with Crippen molar-refractivity contribution in [1.82, 2.24) is 0 Å². The average Bonchev–Trinajstić information content (AvgIpc) is 3.06. The Morgan fingerprint density at radius 1 is 1.00 bits per heavy atom. The predicted molar refractivity (Wildman–Crippen MR) is 88.3 cm³/mol. The molecule has 0 N–H and O–H groups in total. The van der Waals surface area contributed by atoms with Crippen molar-refractivity contribution in [3.8, 4) is 23.0 Å². The molecule has 0 aromatic heterocycles. The molecule has 2 aromatic carbocycles. The summed E-state index contributed by atoms with van der Waals surface area (Å²) in [4.78, 5) is 4.47. The molecular formula is C18H19NO4. The molecular weight excluding hydrogens is 294 g/mol. The van der Waals surface area contributed by atoms with Crippen LogP contribution in [0.25, 0.3) is 0 Å². The van der Waals surface area contributed by atoms with Crippen molar-refractivity contribution in [3.63, 3.8) is 0 Å². The summed E-state index contributed by atoms with van der Waals surface area (Å²) in [7, 11) is 3.27. The van der Waals surface area contributed by atoms with Gasteiger partial charge in [0, 0.05) is 12.8 Å². The molecule has 5 heteroatoms. The van der Waals surface area contributed by atoms with Crippen molar-refractivity contribution in [1.29, 1.82) is 0 Å². The second-order valence-corrected chi connectivity index (χ2v) is 5.09. The normalized spacial score (nSPS) is 12.6.